The van der Waals surface area contributed by atoms with E-state index in [9.17, 15) is 4.79 Å². The van der Waals surface area contributed by atoms with Gasteiger partial charge in [-0.25, -0.2) is 0 Å². The quantitative estimate of drug-likeness (QED) is 0.564. The molecule has 1 saturated heterocycles. The molecule has 6 nitrogen and oxygen atoms in total. The van der Waals surface area contributed by atoms with Crippen LogP contribution in [0.3, 0.4) is 0 Å². The lowest BCUT2D eigenvalue weighted by molar-refractivity contribution is -0.116. The molecule has 1 aromatic rings. The third-order valence-electron chi connectivity index (χ3n) is 4.39. The lowest BCUT2D eigenvalue weighted by Gasteiger charge is -2.24. The second kappa shape index (κ2) is 10.4. The number of ether oxygens (including phenoxy) is 1. The minimum Gasteiger partial charge on any atom is -0.381 e. The zero-order valence-corrected chi connectivity index (χ0v) is 16.6. The Morgan fingerprint density at radius 2 is 2.27 bits per heavy atom. The maximum atomic E-state index is 12.2. The standard InChI is InChI=1S/C19H29ClN4O2/c1-4-21-19(24(3)12-15-9-11-26-13-15)22-10-8-18(25)23-17-7-5-6-16(20)14(17)2/h5-7,15H,4,8-13H2,1-3H3,(H,21,22)(H,23,25). The molecule has 2 rings (SSSR count). The minimum atomic E-state index is -0.0678. The minimum absolute atomic E-state index is 0.0678. The van der Waals surface area contributed by atoms with Crippen LogP contribution < -0.4 is 10.6 Å². The summed E-state index contributed by atoms with van der Waals surface area (Å²) in [5, 5.41) is 6.83. The van der Waals surface area contributed by atoms with Gasteiger partial charge in [-0.1, -0.05) is 17.7 Å². The first-order valence-corrected chi connectivity index (χ1v) is 9.51. The molecule has 7 heteroatoms. The summed E-state index contributed by atoms with van der Waals surface area (Å²) >= 11 is 6.09. The van der Waals surface area contributed by atoms with E-state index in [1.54, 1.807) is 0 Å². The Balaban J connectivity index is 1.86. The van der Waals surface area contributed by atoms with Gasteiger partial charge >= 0.3 is 0 Å². The number of halogens is 1. The third kappa shape index (κ3) is 6.18. The lowest BCUT2D eigenvalue weighted by atomic mass is 10.1. The summed E-state index contributed by atoms with van der Waals surface area (Å²) < 4.78 is 5.44. The van der Waals surface area contributed by atoms with E-state index >= 15 is 0 Å². The van der Waals surface area contributed by atoms with E-state index in [2.05, 4.69) is 20.5 Å². The summed E-state index contributed by atoms with van der Waals surface area (Å²) in [6, 6.07) is 5.49. The van der Waals surface area contributed by atoms with Crippen LogP contribution in [-0.4, -0.2) is 56.7 Å². The Labute approximate surface area is 161 Å². The Morgan fingerprint density at radius 3 is 2.96 bits per heavy atom. The molecule has 144 valence electrons. The van der Waals surface area contributed by atoms with Crippen molar-refractivity contribution < 1.29 is 9.53 Å². The van der Waals surface area contributed by atoms with Gasteiger partial charge in [0.05, 0.1) is 13.2 Å². The molecule has 0 radical (unpaired) electrons. The van der Waals surface area contributed by atoms with Crippen molar-refractivity contribution in [2.24, 2.45) is 10.9 Å². The Kier molecular flexibility index (Phi) is 8.19. The van der Waals surface area contributed by atoms with Gasteiger partial charge in [0.15, 0.2) is 5.96 Å². The van der Waals surface area contributed by atoms with Crippen LogP contribution in [-0.2, 0) is 9.53 Å². The first-order valence-electron chi connectivity index (χ1n) is 9.13. The molecule has 0 aromatic heterocycles. The predicted octanol–water partition coefficient (Wildman–Crippen LogP) is 2.91. The molecule has 1 aromatic carbocycles. The molecular weight excluding hydrogens is 352 g/mol. The van der Waals surface area contributed by atoms with Crippen molar-refractivity contribution in [1.82, 2.24) is 10.2 Å². The zero-order chi connectivity index (χ0) is 18.9. The summed E-state index contributed by atoms with van der Waals surface area (Å²) in [5.41, 5.74) is 1.62. The second-order valence-electron chi connectivity index (χ2n) is 6.56. The van der Waals surface area contributed by atoms with Crippen molar-refractivity contribution in [3.63, 3.8) is 0 Å². The number of aliphatic imine (C=N–C) groups is 1. The number of nitrogens with one attached hydrogen (secondary N) is 2. The van der Waals surface area contributed by atoms with Crippen LogP contribution >= 0.6 is 11.6 Å². The number of nitrogens with zero attached hydrogens (tertiary/aromatic N) is 2. The molecule has 1 aliphatic rings. The van der Waals surface area contributed by atoms with E-state index in [0.29, 0.717) is 23.9 Å². The first-order chi connectivity index (χ1) is 12.5. The molecule has 1 atom stereocenters. The van der Waals surface area contributed by atoms with Gasteiger partial charge in [0.1, 0.15) is 0 Å². The van der Waals surface area contributed by atoms with Crippen LogP contribution in [0.2, 0.25) is 5.02 Å². The van der Waals surface area contributed by atoms with Gasteiger partial charge in [-0.05, 0) is 38.0 Å². The average molecular weight is 381 g/mol. The number of carbonyl (C=O) groups excluding carboxylic acids is 1. The second-order valence-corrected chi connectivity index (χ2v) is 6.96. The lowest BCUT2D eigenvalue weighted by Crippen LogP contribution is -2.41. The van der Waals surface area contributed by atoms with Crippen molar-refractivity contribution in [2.75, 3.05) is 45.2 Å². The van der Waals surface area contributed by atoms with Crippen LogP contribution in [0.25, 0.3) is 0 Å². The summed E-state index contributed by atoms with van der Waals surface area (Å²) in [7, 11) is 2.02. The Bertz CT molecular complexity index is 630. The molecule has 0 bridgehead atoms. The molecule has 0 spiro atoms. The summed E-state index contributed by atoms with van der Waals surface area (Å²) in [5.74, 6) is 1.30. The van der Waals surface area contributed by atoms with Crippen LogP contribution in [0.4, 0.5) is 5.69 Å². The number of carbonyl (C=O) groups is 1. The number of guanidine groups is 1. The SMILES string of the molecule is CCNC(=NCCC(=O)Nc1cccc(Cl)c1C)N(C)CC1CCOC1. The van der Waals surface area contributed by atoms with Crippen molar-refractivity contribution in [3.8, 4) is 0 Å². The van der Waals surface area contributed by atoms with Gasteiger partial charge in [0.2, 0.25) is 5.91 Å². The Hall–Kier alpha value is -1.79. The molecule has 1 amide bonds. The van der Waals surface area contributed by atoms with Gasteiger partial charge in [-0.3, -0.25) is 9.79 Å². The van der Waals surface area contributed by atoms with E-state index in [1.807, 2.05) is 39.1 Å². The van der Waals surface area contributed by atoms with Crippen molar-refractivity contribution >= 4 is 29.2 Å². The van der Waals surface area contributed by atoms with Crippen LogP contribution in [0, 0.1) is 12.8 Å². The maximum absolute atomic E-state index is 12.2. The third-order valence-corrected chi connectivity index (χ3v) is 4.80. The predicted molar refractivity (Wildman–Crippen MR) is 107 cm³/mol. The number of hydrogen-bond donors (Lipinski definition) is 2. The molecular formula is C19H29ClN4O2. The largest absolute Gasteiger partial charge is 0.381 e. The number of hydrogen-bond acceptors (Lipinski definition) is 3. The first kappa shape index (κ1) is 20.5. The molecule has 1 fully saturated rings. The highest BCUT2D eigenvalue weighted by molar-refractivity contribution is 6.31. The number of amides is 1. The molecule has 26 heavy (non-hydrogen) atoms. The fourth-order valence-corrected chi connectivity index (χ4v) is 3.06. The monoisotopic (exact) mass is 380 g/mol. The van der Waals surface area contributed by atoms with E-state index in [-0.39, 0.29) is 5.91 Å². The van der Waals surface area contributed by atoms with Gasteiger partial charge in [0.25, 0.3) is 0 Å². The van der Waals surface area contributed by atoms with E-state index in [0.717, 1.165) is 49.9 Å². The highest BCUT2D eigenvalue weighted by atomic mass is 35.5. The number of anilines is 1. The highest BCUT2D eigenvalue weighted by Crippen LogP contribution is 2.22. The molecule has 1 unspecified atom stereocenters. The smallest absolute Gasteiger partial charge is 0.226 e. The van der Waals surface area contributed by atoms with Gasteiger partial charge in [0, 0.05) is 49.8 Å². The fourth-order valence-electron chi connectivity index (χ4n) is 2.89. The number of rotatable bonds is 7. The summed E-state index contributed by atoms with van der Waals surface area (Å²) in [4.78, 5) is 18.9. The topological polar surface area (TPSA) is 66.0 Å². The number of benzene rings is 1. The van der Waals surface area contributed by atoms with Crippen molar-refractivity contribution in [2.45, 2.75) is 26.7 Å². The average Bonchev–Trinajstić information content (AvgIpc) is 3.11. The molecule has 1 aliphatic heterocycles. The van der Waals surface area contributed by atoms with E-state index in [1.165, 1.54) is 0 Å². The van der Waals surface area contributed by atoms with Crippen LogP contribution in [0.5, 0.6) is 0 Å². The van der Waals surface area contributed by atoms with Gasteiger partial charge in [-0.15, -0.1) is 0 Å². The maximum Gasteiger partial charge on any atom is 0.226 e. The highest BCUT2D eigenvalue weighted by Gasteiger charge is 2.19. The van der Waals surface area contributed by atoms with Crippen LogP contribution in [0.15, 0.2) is 23.2 Å². The van der Waals surface area contributed by atoms with E-state index in [4.69, 9.17) is 16.3 Å². The van der Waals surface area contributed by atoms with Gasteiger partial charge < -0.3 is 20.3 Å². The Morgan fingerprint density at radius 1 is 1.46 bits per heavy atom. The van der Waals surface area contributed by atoms with E-state index < -0.39 is 0 Å². The van der Waals surface area contributed by atoms with Crippen molar-refractivity contribution in [3.05, 3.63) is 28.8 Å². The van der Waals surface area contributed by atoms with Gasteiger partial charge in [-0.2, -0.15) is 0 Å². The molecule has 1 heterocycles. The summed E-state index contributed by atoms with van der Waals surface area (Å²) in [6.45, 7) is 7.70. The van der Waals surface area contributed by atoms with Crippen LogP contribution in [0.1, 0.15) is 25.3 Å². The van der Waals surface area contributed by atoms with Crippen molar-refractivity contribution in [1.29, 1.82) is 0 Å². The fraction of sp³-hybridized carbons (Fsp3) is 0.579. The normalized spacial score (nSPS) is 17.2. The molecule has 0 aliphatic carbocycles. The molecule has 2 N–H and O–H groups in total. The zero-order valence-electron chi connectivity index (χ0n) is 15.8. The summed E-state index contributed by atoms with van der Waals surface area (Å²) in [6.07, 6.45) is 1.41. The molecule has 0 saturated carbocycles.